The van der Waals surface area contributed by atoms with Crippen molar-refractivity contribution in [1.82, 2.24) is 4.90 Å². The van der Waals surface area contributed by atoms with Crippen LogP contribution in [0.3, 0.4) is 0 Å². The third-order valence-corrected chi connectivity index (χ3v) is 5.89. The smallest absolute Gasteiger partial charge is 0.323 e. The fourth-order valence-corrected chi connectivity index (χ4v) is 4.34. The fraction of sp³-hybridized carbons (Fsp3) is 0.391. The third-order valence-electron chi connectivity index (χ3n) is 5.66. The zero-order chi connectivity index (χ0) is 20.9. The molecular formula is C23H27ClN4O2. The summed E-state index contributed by atoms with van der Waals surface area (Å²) in [6, 6.07) is 12.2. The molecule has 0 bridgehead atoms. The first-order chi connectivity index (χ1) is 14.6. The molecule has 2 saturated heterocycles. The van der Waals surface area contributed by atoms with Crippen molar-refractivity contribution in [3.8, 4) is 0 Å². The molecule has 2 heterocycles. The summed E-state index contributed by atoms with van der Waals surface area (Å²) in [4.78, 5) is 30.0. The van der Waals surface area contributed by atoms with Gasteiger partial charge in [-0.2, -0.15) is 0 Å². The first-order valence-corrected chi connectivity index (χ1v) is 11.0. The maximum Gasteiger partial charge on any atom is 0.323 e. The van der Waals surface area contributed by atoms with E-state index in [2.05, 4.69) is 15.5 Å². The number of anilines is 3. The quantitative estimate of drug-likeness (QED) is 0.705. The Morgan fingerprint density at radius 1 is 0.800 bits per heavy atom. The lowest BCUT2D eigenvalue weighted by molar-refractivity contribution is 0.0725. The minimum Gasteiger partial charge on any atom is -0.371 e. The molecule has 0 spiro atoms. The molecule has 2 aromatic carbocycles. The van der Waals surface area contributed by atoms with E-state index >= 15 is 0 Å². The first kappa shape index (κ1) is 20.5. The van der Waals surface area contributed by atoms with E-state index in [4.69, 9.17) is 11.6 Å². The number of carbonyl (C=O) groups is 2. The van der Waals surface area contributed by atoms with Gasteiger partial charge in [-0.15, -0.1) is 0 Å². The Kier molecular flexibility index (Phi) is 6.43. The number of halogens is 1. The van der Waals surface area contributed by atoms with E-state index in [9.17, 15) is 9.59 Å². The van der Waals surface area contributed by atoms with Gasteiger partial charge < -0.3 is 20.4 Å². The van der Waals surface area contributed by atoms with Gasteiger partial charge in [0.15, 0.2) is 0 Å². The van der Waals surface area contributed by atoms with Crippen molar-refractivity contribution in [1.29, 1.82) is 0 Å². The predicted octanol–water partition coefficient (Wildman–Crippen LogP) is 5.21. The van der Waals surface area contributed by atoms with Crippen molar-refractivity contribution < 1.29 is 9.59 Å². The van der Waals surface area contributed by atoms with Crippen molar-refractivity contribution in [3.05, 3.63) is 53.1 Å². The average molecular weight is 427 g/mol. The normalized spacial score (nSPS) is 16.4. The van der Waals surface area contributed by atoms with Crippen LogP contribution in [0.25, 0.3) is 0 Å². The van der Waals surface area contributed by atoms with Crippen LogP contribution in [-0.4, -0.2) is 43.0 Å². The molecule has 0 radical (unpaired) electrons. The summed E-state index contributed by atoms with van der Waals surface area (Å²) >= 11 is 5.98. The average Bonchev–Trinajstić information content (AvgIpc) is 3.28. The highest BCUT2D eigenvalue weighted by Gasteiger charge is 2.25. The van der Waals surface area contributed by atoms with Gasteiger partial charge in [0.25, 0.3) is 5.91 Å². The number of amides is 3. The molecule has 0 saturated carbocycles. The zero-order valence-electron chi connectivity index (χ0n) is 17.0. The van der Waals surface area contributed by atoms with Crippen molar-refractivity contribution in [2.45, 2.75) is 32.1 Å². The molecule has 3 amide bonds. The third kappa shape index (κ3) is 4.87. The molecule has 2 aromatic rings. The second-order valence-corrected chi connectivity index (χ2v) is 8.30. The zero-order valence-corrected chi connectivity index (χ0v) is 17.8. The van der Waals surface area contributed by atoms with E-state index in [0.717, 1.165) is 57.5 Å². The second-order valence-electron chi connectivity index (χ2n) is 7.87. The van der Waals surface area contributed by atoms with Gasteiger partial charge in [0, 0.05) is 48.3 Å². The number of piperidine rings is 1. The van der Waals surface area contributed by atoms with Crippen LogP contribution in [-0.2, 0) is 0 Å². The lowest BCUT2D eigenvalue weighted by atomic mass is 10.1. The Bertz CT molecular complexity index is 921. The van der Waals surface area contributed by atoms with Gasteiger partial charge in [-0.3, -0.25) is 4.79 Å². The highest BCUT2D eigenvalue weighted by molar-refractivity contribution is 6.30. The molecule has 158 valence electrons. The van der Waals surface area contributed by atoms with Crippen LogP contribution in [0.4, 0.5) is 21.9 Å². The van der Waals surface area contributed by atoms with Crippen LogP contribution >= 0.6 is 11.6 Å². The van der Waals surface area contributed by atoms with Crippen LogP contribution in [0, 0.1) is 0 Å². The number of rotatable bonds is 4. The van der Waals surface area contributed by atoms with Gasteiger partial charge in [0.1, 0.15) is 0 Å². The minimum atomic E-state index is -0.373. The lowest BCUT2D eigenvalue weighted by Gasteiger charge is -2.29. The van der Waals surface area contributed by atoms with Crippen LogP contribution in [0.5, 0.6) is 0 Å². The summed E-state index contributed by atoms with van der Waals surface area (Å²) in [5.74, 6) is 0.0514. The van der Waals surface area contributed by atoms with E-state index in [1.165, 1.54) is 6.42 Å². The number of benzene rings is 2. The Hall–Kier alpha value is -2.73. The van der Waals surface area contributed by atoms with Gasteiger partial charge >= 0.3 is 6.03 Å². The summed E-state index contributed by atoms with van der Waals surface area (Å²) in [6.07, 6.45) is 5.54. The summed E-state index contributed by atoms with van der Waals surface area (Å²) in [5, 5.41) is 6.17. The number of nitrogens with one attached hydrogen (secondary N) is 2. The van der Waals surface area contributed by atoms with Crippen molar-refractivity contribution in [3.63, 3.8) is 0 Å². The van der Waals surface area contributed by atoms with Crippen LogP contribution in [0.1, 0.15) is 42.5 Å². The van der Waals surface area contributed by atoms with E-state index in [1.54, 1.807) is 24.3 Å². The number of nitrogens with zero attached hydrogens (tertiary/aromatic N) is 2. The van der Waals surface area contributed by atoms with Crippen molar-refractivity contribution in [2.24, 2.45) is 0 Å². The van der Waals surface area contributed by atoms with Gasteiger partial charge in [0.05, 0.1) is 5.56 Å². The molecule has 2 N–H and O–H groups in total. The standard InChI is InChI=1S/C23H27ClN4O2/c24-17-7-6-8-18(15-17)25-23(30)26-19-9-10-21(27-11-4-5-12-27)20(16-19)22(29)28-13-2-1-3-14-28/h6-10,15-16H,1-5,11-14H2,(H2,25,26,30). The highest BCUT2D eigenvalue weighted by Crippen LogP contribution is 2.29. The second kappa shape index (κ2) is 9.39. The van der Waals surface area contributed by atoms with E-state index in [1.807, 2.05) is 23.1 Å². The molecule has 30 heavy (non-hydrogen) atoms. The lowest BCUT2D eigenvalue weighted by Crippen LogP contribution is -2.36. The van der Waals surface area contributed by atoms with Gasteiger partial charge in [-0.05, 0) is 68.5 Å². The Labute approximate surface area is 182 Å². The van der Waals surface area contributed by atoms with Crippen molar-refractivity contribution in [2.75, 3.05) is 41.7 Å². The summed E-state index contributed by atoms with van der Waals surface area (Å²) in [5.41, 5.74) is 2.83. The summed E-state index contributed by atoms with van der Waals surface area (Å²) in [6.45, 7) is 3.51. The SMILES string of the molecule is O=C(Nc1cccc(Cl)c1)Nc1ccc(N2CCCC2)c(C(=O)N2CCCCC2)c1. The predicted molar refractivity (Wildman–Crippen MR) is 122 cm³/mol. The molecule has 0 aromatic heterocycles. The molecule has 7 heteroatoms. The molecule has 4 rings (SSSR count). The molecule has 2 fully saturated rings. The summed E-state index contributed by atoms with van der Waals surface area (Å²) < 4.78 is 0. The molecule has 6 nitrogen and oxygen atoms in total. The Morgan fingerprint density at radius 2 is 1.47 bits per heavy atom. The molecule has 0 atom stereocenters. The largest absolute Gasteiger partial charge is 0.371 e. The first-order valence-electron chi connectivity index (χ1n) is 10.6. The Morgan fingerprint density at radius 3 is 2.17 bits per heavy atom. The number of urea groups is 1. The monoisotopic (exact) mass is 426 g/mol. The fourth-order valence-electron chi connectivity index (χ4n) is 4.15. The van der Waals surface area contributed by atoms with Crippen LogP contribution < -0.4 is 15.5 Å². The van der Waals surface area contributed by atoms with Crippen molar-refractivity contribution >= 4 is 40.6 Å². The van der Waals surface area contributed by atoms with E-state index < -0.39 is 0 Å². The highest BCUT2D eigenvalue weighted by atomic mass is 35.5. The number of hydrogen-bond donors (Lipinski definition) is 2. The van der Waals surface area contributed by atoms with Crippen LogP contribution in [0.15, 0.2) is 42.5 Å². The number of carbonyl (C=O) groups excluding carboxylic acids is 2. The molecule has 2 aliphatic rings. The number of likely N-dealkylation sites (tertiary alicyclic amines) is 1. The van der Waals surface area contributed by atoms with E-state index in [0.29, 0.717) is 22.0 Å². The maximum absolute atomic E-state index is 13.3. The molecule has 2 aliphatic heterocycles. The molecular weight excluding hydrogens is 400 g/mol. The maximum atomic E-state index is 13.3. The van der Waals surface area contributed by atoms with Gasteiger partial charge in [-0.1, -0.05) is 17.7 Å². The topological polar surface area (TPSA) is 64.7 Å². The molecule has 0 unspecified atom stereocenters. The number of hydrogen-bond acceptors (Lipinski definition) is 3. The molecule has 0 aliphatic carbocycles. The van der Waals surface area contributed by atoms with Gasteiger partial charge in [0.2, 0.25) is 0 Å². The van der Waals surface area contributed by atoms with Gasteiger partial charge in [-0.25, -0.2) is 4.79 Å². The van der Waals surface area contributed by atoms with E-state index in [-0.39, 0.29) is 11.9 Å². The minimum absolute atomic E-state index is 0.0514. The summed E-state index contributed by atoms with van der Waals surface area (Å²) in [7, 11) is 0. The van der Waals surface area contributed by atoms with Crippen LogP contribution in [0.2, 0.25) is 5.02 Å². The Balaban J connectivity index is 1.54.